The molecular weight excluding hydrogens is 593 g/mol. The van der Waals surface area contributed by atoms with Crippen molar-refractivity contribution in [1.29, 1.82) is 0 Å². The zero-order valence-corrected chi connectivity index (χ0v) is 25.9. The van der Waals surface area contributed by atoms with Crippen LogP contribution in [-0.4, -0.2) is 19.1 Å². The van der Waals surface area contributed by atoms with Gasteiger partial charge in [0, 0.05) is 53.4 Å². The number of nitrogens with zero attached hydrogens (tertiary/aromatic N) is 4. The number of hydrogen-bond donors (Lipinski definition) is 0. The molecule has 0 amide bonds. The molecule has 0 atom stereocenters. The summed E-state index contributed by atoms with van der Waals surface area (Å²) in [5.74, 6) is 0.691. The minimum Gasteiger partial charge on any atom is -0.309 e. The van der Waals surface area contributed by atoms with Crippen LogP contribution in [0.1, 0.15) is 0 Å². The van der Waals surface area contributed by atoms with Crippen molar-refractivity contribution in [3.63, 3.8) is 0 Å². The van der Waals surface area contributed by atoms with E-state index in [1.54, 1.807) is 11.8 Å². The molecule has 1 aliphatic rings. The van der Waals surface area contributed by atoms with E-state index in [1.165, 1.54) is 53.1 Å². The molecule has 0 radical (unpaired) electrons. The monoisotopic (exact) mass is 616 g/mol. The summed E-state index contributed by atoms with van der Waals surface area (Å²) in [4.78, 5) is 13.1. The fourth-order valence-corrected chi connectivity index (χ4v) is 8.90. The summed E-state index contributed by atoms with van der Waals surface area (Å²) in [6, 6.07) is 52.2. The lowest BCUT2D eigenvalue weighted by Gasteiger charge is -2.20. The zero-order chi connectivity index (χ0) is 30.6. The molecule has 5 heteroatoms. The molecular formula is C42H24N4S. The summed E-state index contributed by atoms with van der Waals surface area (Å²) < 4.78 is 4.67. The third-order valence-corrected chi connectivity index (χ3v) is 10.8. The lowest BCUT2D eigenvalue weighted by molar-refractivity contribution is 1.01. The van der Waals surface area contributed by atoms with Crippen molar-refractivity contribution in [1.82, 2.24) is 19.1 Å². The smallest absolute Gasteiger partial charge is 0.235 e. The lowest BCUT2D eigenvalue weighted by atomic mass is 9.98. The van der Waals surface area contributed by atoms with Gasteiger partial charge in [0.2, 0.25) is 5.95 Å². The maximum Gasteiger partial charge on any atom is 0.235 e. The Kier molecular flexibility index (Phi) is 5.02. The molecule has 11 rings (SSSR count). The molecule has 1 aliphatic heterocycles. The van der Waals surface area contributed by atoms with Crippen LogP contribution in [0.3, 0.4) is 0 Å². The quantitative estimate of drug-likeness (QED) is 0.194. The summed E-state index contributed by atoms with van der Waals surface area (Å²) in [5, 5.41) is 8.53. The van der Waals surface area contributed by atoms with E-state index in [1.807, 2.05) is 0 Å². The highest BCUT2D eigenvalue weighted by Gasteiger charge is 2.25. The maximum atomic E-state index is 5.39. The van der Waals surface area contributed by atoms with E-state index < -0.39 is 0 Å². The highest BCUT2D eigenvalue weighted by molar-refractivity contribution is 7.99. The van der Waals surface area contributed by atoms with Crippen molar-refractivity contribution in [3.8, 4) is 22.9 Å². The topological polar surface area (TPSA) is 35.6 Å². The van der Waals surface area contributed by atoms with Crippen molar-refractivity contribution in [2.24, 2.45) is 0 Å². The van der Waals surface area contributed by atoms with E-state index in [-0.39, 0.29) is 0 Å². The SMILES string of the molecule is c1ccc(-n2c3ccccc3c3c4c(ccc32)ccc2c4c3ccccc3n2-c2nc3c4c(cccc4n2)Sc2ccccc2-3)cc1. The number of fused-ring (bicyclic) bond motifs is 11. The summed E-state index contributed by atoms with van der Waals surface area (Å²) in [5.41, 5.74) is 8.87. The van der Waals surface area contributed by atoms with Crippen LogP contribution in [0.4, 0.5) is 0 Å². The molecule has 0 bridgehead atoms. The molecule has 0 N–H and O–H groups in total. The third-order valence-electron chi connectivity index (χ3n) is 9.70. The Morgan fingerprint density at radius 1 is 0.426 bits per heavy atom. The molecule has 0 aliphatic carbocycles. The first-order valence-electron chi connectivity index (χ1n) is 15.9. The summed E-state index contributed by atoms with van der Waals surface area (Å²) >= 11 is 1.80. The Labute approximate surface area is 273 Å². The van der Waals surface area contributed by atoms with Gasteiger partial charge in [-0.05, 0) is 60.0 Å². The van der Waals surface area contributed by atoms with E-state index >= 15 is 0 Å². The molecule has 0 saturated carbocycles. The predicted octanol–water partition coefficient (Wildman–Crippen LogP) is 11.1. The van der Waals surface area contributed by atoms with E-state index in [0.717, 1.165) is 38.9 Å². The van der Waals surface area contributed by atoms with Gasteiger partial charge in [0.05, 0.1) is 33.3 Å². The van der Waals surface area contributed by atoms with Crippen LogP contribution in [0.25, 0.3) is 88.2 Å². The van der Waals surface area contributed by atoms with Gasteiger partial charge in [-0.2, -0.15) is 0 Å². The van der Waals surface area contributed by atoms with Gasteiger partial charge in [-0.3, -0.25) is 4.57 Å². The average Bonchev–Trinajstić information content (AvgIpc) is 3.65. The van der Waals surface area contributed by atoms with Crippen molar-refractivity contribution in [2.45, 2.75) is 9.79 Å². The Morgan fingerprint density at radius 3 is 1.85 bits per heavy atom. The molecule has 0 unspecified atom stereocenters. The molecule has 4 nitrogen and oxygen atoms in total. The lowest BCUT2D eigenvalue weighted by Crippen LogP contribution is -2.05. The molecule has 218 valence electrons. The predicted molar refractivity (Wildman–Crippen MR) is 195 cm³/mol. The molecule has 47 heavy (non-hydrogen) atoms. The standard InChI is InChI=1S/C42H24N4S/c1-2-11-26(12-3-1)45-31-17-7-4-13-27(31)38-33(45)23-21-25-22-24-34-39(37(25)38)28-14-5-8-18-32(28)46(34)42-43-30-16-10-20-36-40(30)41(44-42)29-15-6-9-19-35(29)47-36/h1-24H. The Morgan fingerprint density at radius 2 is 1.06 bits per heavy atom. The normalized spacial score (nSPS) is 12.6. The molecule has 0 fully saturated rings. The zero-order valence-electron chi connectivity index (χ0n) is 25.1. The minimum atomic E-state index is 0.691. The first-order valence-corrected chi connectivity index (χ1v) is 16.7. The van der Waals surface area contributed by atoms with Crippen LogP contribution in [0.2, 0.25) is 0 Å². The molecule has 3 aromatic heterocycles. The van der Waals surface area contributed by atoms with E-state index in [9.17, 15) is 0 Å². The molecule has 4 heterocycles. The van der Waals surface area contributed by atoms with Gasteiger partial charge in [0.15, 0.2) is 0 Å². The highest BCUT2D eigenvalue weighted by atomic mass is 32.2. The van der Waals surface area contributed by atoms with Crippen molar-refractivity contribution < 1.29 is 0 Å². The highest BCUT2D eigenvalue weighted by Crippen LogP contribution is 2.48. The second-order valence-electron chi connectivity index (χ2n) is 12.2. The van der Waals surface area contributed by atoms with Crippen LogP contribution in [0, 0.1) is 0 Å². The van der Waals surface area contributed by atoms with E-state index in [0.29, 0.717) is 5.95 Å². The number of rotatable bonds is 2. The number of benzene rings is 7. The number of aromatic nitrogens is 4. The Balaban J connectivity index is 1.31. The van der Waals surface area contributed by atoms with Crippen molar-refractivity contribution >= 4 is 77.0 Å². The van der Waals surface area contributed by atoms with E-state index in [2.05, 4.69) is 155 Å². The second kappa shape index (κ2) is 9.32. The minimum absolute atomic E-state index is 0.691. The Hall–Kier alpha value is -5.91. The van der Waals surface area contributed by atoms with Crippen LogP contribution in [0.5, 0.6) is 0 Å². The molecule has 0 spiro atoms. The van der Waals surface area contributed by atoms with Crippen LogP contribution in [0.15, 0.2) is 155 Å². The number of para-hydroxylation sites is 3. The average molecular weight is 617 g/mol. The molecule has 10 aromatic rings. The van der Waals surface area contributed by atoms with Gasteiger partial charge in [-0.1, -0.05) is 103 Å². The fourth-order valence-electron chi connectivity index (χ4n) is 7.79. The first-order chi connectivity index (χ1) is 23.3. The van der Waals surface area contributed by atoms with Crippen LogP contribution < -0.4 is 0 Å². The largest absolute Gasteiger partial charge is 0.309 e. The van der Waals surface area contributed by atoms with Gasteiger partial charge in [0.25, 0.3) is 0 Å². The molecule has 0 saturated heterocycles. The van der Waals surface area contributed by atoms with Crippen LogP contribution in [-0.2, 0) is 0 Å². The van der Waals surface area contributed by atoms with Gasteiger partial charge in [-0.25, -0.2) is 9.97 Å². The van der Waals surface area contributed by atoms with Crippen molar-refractivity contribution in [3.05, 3.63) is 146 Å². The van der Waals surface area contributed by atoms with Gasteiger partial charge < -0.3 is 4.57 Å². The summed E-state index contributed by atoms with van der Waals surface area (Å²) in [6.45, 7) is 0. The summed E-state index contributed by atoms with van der Waals surface area (Å²) in [6.07, 6.45) is 0. The number of hydrogen-bond acceptors (Lipinski definition) is 3. The van der Waals surface area contributed by atoms with Crippen LogP contribution >= 0.6 is 11.8 Å². The first kappa shape index (κ1) is 25.3. The Bertz CT molecular complexity index is 2940. The van der Waals surface area contributed by atoms with Gasteiger partial charge >= 0.3 is 0 Å². The maximum absolute atomic E-state index is 5.39. The third kappa shape index (κ3) is 3.38. The van der Waals surface area contributed by atoms with Crippen molar-refractivity contribution in [2.75, 3.05) is 0 Å². The van der Waals surface area contributed by atoms with Gasteiger partial charge in [-0.15, -0.1) is 0 Å². The van der Waals surface area contributed by atoms with Gasteiger partial charge in [0.1, 0.15) is 0 Å². The second-order valence-corrected chi connectivity index (χ2v) is 13.3. The fraction of sp³-hybridized carbons (Fsp3) is 0. The summed E-state index contributed by atoms with van der Waals surface area (Å²) in [7, 11) is 0. The molecule has 7 aromatic carbocycles. The van der Waals surface area contributed by atoms with E-state index in [4.69, 9.17) is 9.97 Å².